The third-order valence-electron chi connectivity index (χ3n) is 4.61. The van der Waals surface area contributed by atoms with Crippen LogP contribution < -0.4 is 0 Å². The second-order valence-corrected chi connectivity index (χ2v) is 9.87. The molecule has 1 aliphatic carbocycles. The lowest BCUT2D eigenvalue weighted by Crippen LogP contribution is -2.44. The SMILES string of the molecule is Cc1ccc(S(=O)(=O)N2CC3(OCC(=O)OC(C)(C)C)CC2C3)cc1. The van der Waals surface area contributed by atoms with E-state index in [2.05, 4.69) is 0 Å². The lowest BCUT2D eigenvalue weighted by Gasteiger charge is -2.36. The maximum atomic E-state index is 12.8. The summed E-state index contributed by atoms with van der Waals surface area (Å²) < 4.78 is 38.2. The summed E-state index contributed by atoms with van der Waals surface area (Å²) in [7, 11) is -3.53. The molecule has 0 spiro atoms. The summed E-state index contributed by atoms with van der Waals surface area (Å²) in [5.74, 6) is -0.426. The predicted molar refractivity (Wildman–Crippen MR) is 92.6 cm³/mol. The zero-order valence-electron chi connectivity index (χ0n) is 15.1. The number of hydrogen-bond donors (Lipinski definition) is 0. The summed E-state index contributed by atoms with van der Waals surface area (Å²) >= 11 is 0. The van der Waals surface area contributed by atoms with Gasteiger partial charge in [0.05, 0.1) is 10.5 Å². The number of carbonyl (C=O) groups excluding carboxylic acids is 1. The Morgan fingerprint density at radius 1 is 1.24 bits per heavy atom. The van der Waals surface area contributed by atoms with E-state index < -0.39 is 27.2 Å². The lowest BCUT2D eigenvalue weighted by atomic mass is 9.81. The van der Waals surface area contributed by atoms with Crippen molar-refractivity contribution in [1.29, 1.82) is 0 Å². The van der Waals surface area contributed by atoms with Crippen LogP contribution in [0, 0.1) is 6.92 Å². The van der Waals surface area contributed by atoms with Crippen molar-refractivity contribution in [3.05, 3.63) is 29.8 Å². The van der Waals surface area contributed by atoms with Crippen LogP contribution in [0.15, 0.2) is 29.2 Å². The Hall–Kier alpha value is -1.44. The van der Waals surface area contributed by atoms with Crippen LogP contribution in [0.3, 0.4) is 0 Å². The van der Waals surface area contributed by atoms with E-state index in [0.717, 1.165) is 5.56 Å². The van der Waals surface area contributed by atoms with Crippen molar-refractivity contribution in [2.24, 2.45) is 0 Å². The Bertz CT molecular complexity index is 758. The van der Waals surface area contributed by atoms with Crippen molar-refractivity contribution in [2.75, 3.05) is 13.2 Å². The highest BCUT2D eigenvalue weighted by Gasteiger charge is 2.60. The van der Waals surface area contributed by atoms with Crippen LogP contribution in [0.2, 0.25) is 0 Å². The van der Waals surface area contributed by atoms with Crippen molar-refractivity contribution < 1.29 is 22.7 Å². The second kappa shape index (κ2) is 6.07. The van der Waals surface area contributed by atoms with Gasteiger partial charge in [-0.1, -0.05) is 17.7 Å². The number of aryl methyl sites for hydroxylation is 1. The molecule has 2 bridgehead atoms. The molecule has 0 atom stereocenters. The van der Waals surface area contributed by atoms with Gasteiger partial charge in [-0.3, -0.25) is 0 Å². The number of fused-ring (bicyclic) bond motifs is 1. The fourth-order valence-corrected chi connectivity index (χ4v) is 5.12. The van der Waals surface area contributed by atoms with Gasteiger partial charge in [-0.25, -0.2) is 13.2 Å². The maximum absolute atomic E-state index is 12.8. The van der Waals surface area contributed by atoms with Crippen LogP contribution in [0.5, 0.6) is 0 Å². The molecule has 2 aliphatic heterocycles. The molecule has 2 heterocycles. The van der Waals surface area contributed by atoms with Gasteiger partial charge in [-0.2, -0.15) is 4.31 Å². The molecule has 3 fully saturated rings. The normalized spacial score (nSPS) is 26.3. The first-order valence-corrected chi connectivity index (χ1v) is 9.89. The van der Waals surface area contributed by atoms with Crippen molar-refractivity contribution in [3.8, 4) is 0 Å². The molecule has 0 radical (unpaired) electrons. The van der Waals surface area contributed by atoms with E-state index in [1.54, 1.807) is 45.0 Å². The number of ether oxygens (including phenoxy) is 2. The fraction of sp³-hybridized carbons (Fsp3) is 0.611. The molecule has 6 nitrogen and oxygen atoms in total. The number of benzene rings is 1. The molecule has 2 saturated heterocycles. The highest BCUT2D eigenvalue weighted by molar-refractivity contribution is 7.89. The van der Waals surface area contributed by atoms with E-state index >= 15 is 0 Å². The van der Waals surface area contributed by atoms with Crippen LogP contribution in [-0.4, -0.2) is 49.1 Å². The Kier molecular flexibility index (Phi) is 4.46. The summed E-state index contributed by atoms with van der Waals surface area (Å²) in [5.41, 5.74) is -0.0994. The van der Waals surface area contributed by atoms with Crippen LogP contribution in [0.1, 0.15) is 39.2 Å². The third kappa shape index (κ3) is 3.73. The number of nitrogens with zero attached hydrogens (tertiary/aromatic N) is 1. The first-order valence-electron chi connectivity index (χ1n) is 8.45. The Morgan fingerprint density at radius 2 is 1.84 bits per heavy atom. The molecule has 3 aliphatic rings. The highest BCUT2D eigenvalue weighted by atomic mass is 32.2. The van der Waals surface area contributed by atoms with Crippen LogP contribution in [0.25, 0.3) is 0 Å². The molecule has 1 aromatic carbocycles. The van der Waals surface area contributed by atoms with Crippen molar-refractivity contribution >= 4 is 16.0 Å². The zero-order chi connectivity index (χ0) is 18.5. The van der Waals surface area contributed by atoms with E-state index in [-0.39, 0.29) is 19.2 Å². The predicted octanol–water partition coefficient (Wildman–Crippen LogP) is 2.26. The summed E-state index contributed by atoms with van der Waals surface area (Å²) in [6, 6.07) is 6.80. The summed E-state index contributed by atoms with van der Waals surface area (Å²) in [6.45, 7) is 7.46. The molecule has 1 aromatic rings. The zero-order valence-corrected chi connectivity index (χ0v) is 15.9. The molecule has 138 valence electrons. The molecule has 0 aromatic heterocycles. The minimum absolute atomic E-state index is 0.0510. The molecule has 0 amide bonds. The third-order valence-corrected chi connectivity index (χ3v) is 6.52. The average Bonchev–Trinajstić information content (AvgIpc) is 3.00. The van der Waals surface area contributed by atoms with Gasteiger partial charge in [-0.05, 0) is 52.7 Å². The van der Waals surface area contributed by atoms with Gasteiger partial charge >= 0.3 is 5.97 Å². The molecule has 0 unspecified atom stereocenters. The van der Waals surface area contributed by atoms with Crippen molar-refractivity contribution in [2.45, 2.75) is 62.7 Å². The number of hydrogen-bond acceptors (Lipinski definition) is 5. The largest absolute Gasteiger partial charge is 0.458 e. The molecule has 4 rings (SSSR count). The van der Waals surface area contributed by atoms with Gasteiger partial charge < -0.3 is 9.47 Å². The highest BCUT2D eigenvalue weighted by Crippen LogP contribution is 2.49. The van der Waals surface area contributed by atoms with Crippen molar-refractivity contribution in [1.82, 2.24) is 4.31 Å². The van der Waals surface area contributed by atoms with Gasteiger partial charge in [-0.15, -0.1) is 0 Å². The van der Waals surface area contributed by atoms with E-state index in [1.807, 2.05) is 6.92 Å². The van der Waals surface area contributed by atoms with E-state index in [4.69, 9.17) is 9.47 Å². The first-order chi connectivity index (χ1) is 11.5. The Labute approximate surface area is 149 Å². The van der Waals surface area contributed by atoms with Gasteiger partial charge in [0.2, 0.25) is 10.0 Å². The quantitative estimate of drug-likeness (QED) is 0.747. The number of sulfonamides is 1. The monoisotopic (exact) mass is 367 g/mol. The average molecular weight is 367 g/mol. The fourth-order valence-electron chi connectivity index (χ4n) is 3.42. The van der Waals surface area contributed by atoms with Crippen LogP contribution in [0.4, 0.5) is 0 Å². The first kappa shape index (κ1) is 18.4. The number of esters is 1. The summed E-state index contributed by atoms with van der Waals surface area (Å²) in [6.07, 6.45) is 1.25. The topological polar surface area (TPSA) is 72.9 Å². The molecule has 25 heavy (non-hydrogen) atoms. The lowest BCUT2D eigenvalue weighted by molar-refractivity contribution is -0.169. The van der Waals surface area contributed by atoms with E-state index in [0.29, 0.717) is 17.7 Å². The van der Waals surface area contributed by atoms with E-state index in [9.17, 15) is 13.2 Å². The summed E-state index contributed by atoms with van der Waals surface area (Å²) in [4.78, 5) is 12.1. The smallest absolute Gasteiger partial charge is 0.332 e. The minimum atomic E-state index is -3.53. The van der Waals surface area contributed by atoms with Gasteiger partial charge in [0, 0.05) is 12.6 Å². The van der Waals surface area contributed by atoms with Crippen LogP contribution in [-0.2, 0) is 24.3 Å². The van der Waals surface area contributed by atoms with E-state index in [1.165, 1.54) is 4.31 Å². The molecule has 1 saturated carbocycles. The second-order valence-electron chi connectivity index (χ2n) is 7.98. The van der Waals surface area contributed by atoms with Gasteiger partial charge in [0.1, 0.15) is 12.2 Å². The summed E-state index contributed by atoms with van der Waals surface area (Å²) in [5, 5.41) is 0. The number of rotatable bonds is 5. The van der Waals surface area contributed by atoms with Crippen molar-refractivity contribution in [3.63, 3.8) is 0 Å². The Balaban J connectivity index is 1.63. The molecular formula is C18H25NO5S. The molecule has 0 N–H and O–H groups in total. The standard InChI is InChI=1S/C18H25NO5S/c1-13-5-7-15(8-6-13)25(21,22)19-12-18(9-14(19)10-18)23-11-16(20)24-17(2,3)4/h5-8,14H,9-12H2,1-4H3. The molecular weight excluding hydrogens is 342 g/mol. The number of carbonyl (C=O) groups is 1. The Morgan fingerprint density at radius 3 is 2.40 bits per heavy atom. The van der Waals surface area contributed by atoms with Crippen LogP contribution >= 0.6 is 0 Å². The minimum Gasteiger partial charge on any atom is -0.458 e. The maximum Gasteiger partial charge on any atom is 0.332 e. The molecule has 7 heteroatoms. The van der Waals surface area contributed by atoms with Gasteiger partial charge in [0.15, 0.2) is 0 Å². The van der Waals surface area contributed by atoms with Gasteiger partial charge in [0.25, 0.3) is 0 Å².